The molecule has 0 atom stereocenters. The first-order valence-electron chi connectivity index (χ1n) is 9.04. The molecule has 1 aliphatic heterocycles. The van der Waals surface area contributed by atoms with Crippen LogP contribution in [0.15, 0.2) is 30.3 Å². The second kappa shape index (κ2) is 8.63. The summed E-state index contributed by atoms with van der Waals surface area (Å²) in [6, 6.07) is 10.4. The summed E-state index contributed by atoms with van der Waals surface area (Å²) in [5, 5.41) is 23.0. The van der Waals surface area contributed by atoms with E-state index in [4.69, 9.17) is 10.8 Å². The minimum Gasteiger partial charge on any atom is -0.395 e. The fraction of sp³-hybridized carbons (Fsp3) is 0.444. The van der Waals surface area contributed by atoms with Crippen molar-refractivity contribution in [2.75, 3.05) is 42.2 Å². The molecule has 4 N–H and O–H groups in total. The van der Waals surface area contributed by atoms with E-state index in [1.54, 1.807) is 0 Å². The minimum atomic E-state index is -0.606. The molecule has 1 fully saturated rings. The lowest BCUT2D eigenvalue weighted by Gasteiger charge is -2.32. The number of piperidine rings is 1. The highest BCUT2D eigenvalue weighted by Gasteiger charge is 2.27. The van der Waals surface area contributed by atoms with Gasteiger partial charge in [-0.05, 0) is 30.7 Å². The second-order valence-corrected chi connectivity index (χ2v) is 6.63. The van der Waals surface area contributed by atoms with Gasteiger partial charge >= 0.3 is 5.69 Å². The number of nitrogens with zero attached hydrogens (tertiary/aromatic N) is 4. The largest absolute Gasteiger partial charge is 0.395 e. The van der Waals surface area contributed by atoms with Crippen LogP contribution in [0, 0.1) is 16.0 Å². The molecule has 2 aromatic rings. The summed E-state index contributed by atoms with van der Waals surface area (Å²) in [5.41, 5.74) is 6.79. The Balaban J connectivity index is 1.70. The third kappa shape index (κ3) is 4.62. The van der Waals surface area contributed by atoms with Gasteiger partial charge in [-0.3, -0.25) is 10.1 Å². The van der Waals surface area contributed by atoms with Gasteiger partial charge < -0.3 is 21.1 Å². The maximum atomic E-state index is 11.2. The van der Waals surface area contributed by atoms with Gasteiger partial charge in [0, 0.05) is 19.6 Å². The van der Waals surface area contributed by atoms with Gasteiger partial charge in [0.2, 0.25) is 17.6 Å². The van der Waals surface area contributed by atoms with Crippen molar-refractivity contribution >= 4 is 23.3 Å². The van der Waals surface area contributed by atoms with Crippen LogP contribution in [0.4, 0.5) is 23.3 Å². The first-order chi connectivity index (χ1) is 13.1. The van der Waals surface area contributed by atoms with Crippen LogP contribution in [-0.4, -0.2) is 46.2 Å². The molecular formula is C18H24N6O3. The zero-order valence-electron chi connectivity index (χ0n) is 15.0. The molecule has 0 saturated carbocycles. The summed E-state index contributed by atoms with van der Waals surface area (Å²) in [6.45, 7) is 1.53. The van der Waals surface area contributed by atoms with E-state index in [1.807, 2.05) is 11.0 Å². The lowest BCUT2D eigenvalue weighted by atomic mass is 9.90. The molecule has 1 saturated heterocycles. The molecule has 0 amide bonds. The van der Waals surface area contributed by atoms with E-state index in [0.29, 0.717) is 11.9 Å². The molecule has 0 unspecified atom stereocenters. The molecule has 27 heavy (non-hydrogen) atoms. The molecule has 1 aliphatic rings. The SMILES string of the molecule is Nc1nc(N2CCC(Cc3ccccc3)CC2)nc(NCCO)c1[N+](=O)[O-]. The number of rotatable bonds is 7. The Labute approximate surface area is 157 Å². The van der Waals surface area contributed by atoms with Crippen molar-refractivity contribution in [2.24, 2.45) is 5.92 Å². The number of anilines is 3. The number of nitro groups is 1. The molecule has 2 heterocycles. The number of hydrogen-bond acceptors (Lipinski definition) is 8. The summed E-state index contributed by atoms with van der Waals surface area (Å²) in [6.07, 6.45) is 3.03. The summed E-state index contributed by atoms with van der Waals surface area (Å²) in [7, 11) is 0. The third-order valence-corrected chi connectivity index (χ3v) is 4.75. The fourth-order valence-electron chi connectivity index (χ4n) is 3.36. The van der Waals surface area contributed by atoms with Gasteiger partial charge in [-0.1, -0.05) is 30.3 Å². The van der Waals surface area contributed by atoms with Crippen LogP contribution in [0.2, 0.25) is 0 Å². The summed E-state index contributed by atoms with van der Waals surface area (Å²) in [4.78, 5) is 21.1. The molecule has 3 rings (SSSR count). The van der Waals surface area contributed by atoms with Crippen LogP contribution >= 0.6 is 0 Å². The maximum Gasteiger partial charge on any atom is 0.353 e. The van der Waals surface area contributed by atoms with Crippen molar-refractivity contribution in [2.45, 2.75) is 19.3 Å². The number of hydrogen-bond donors (Lipinski definition) is 3. The lowest BCUT2D eigenvalue weighted by Crippen LogP contribution is -2.35. The first kappa shape index (κ1) is 18.8. The second-order valence-electron chi connectivity index (χ2n) is 6.63. The zero-order chi connectivity index (χ0) is 19.2. The van der Waals surface area contributed by atoms with Gasteiger partial charge in [0.25, 0.3) is 0 Å². The normalized spacial score (nSPS) is 14.9. The highest BCUT2D eigenvalue weighted by molar-refractivity contribution is 5.70. The summed E-state index contributed by atoms with van der Waals surface area (Å²) < 4.78 is 0. The summed E-state index contributed by atoms with van der Waals surface area (Å²) >= 11 is 0. The van der Waals surface area contributed by atoms with Crippen LogP contribution in [0.3, 0.4) is 0 Å². The quantitative estimate of drug-likeness (QED) is 0.496. The molecule has 144 valence electrons. The van der Waals surface area contributed by atoms with Crippen LogP contribution in [-0.2, 0) is 6.42 Å². The molecule has 0 spiro atoms. The Morgan fingerprint density at radius 2 is 1.96 bits per heavy atom. The topological polar surface area (TPSA) is 130 Å². The highest BCUT2D eigenvalue weighted by atomic mass is 16.6. The molecule has 9 nitrogen and oxygen atoms in total. The van der Waals surface area contributed by atoms with Crippen LogP contribution in [0.5, 0.6) is 0 Å². The van der Waals surface area contributed by atoms with Crippen LogP contribution in [0.25, 0.3) is 0 Å². The Kier molecular flexibility index (Phi) is 6.02. The Hall–Kier alpha value is -2.94. The Bertz CT molecular complexity index is 778. The molecule has 9 heteroatoms. The smallest absolute Gasteiger partial charge is 0.353 e. The minimum absolute atomic E-state index is 0.0444. The van der Waals surface area contributed by atoms with E-state index in [2.05, 4.69) is 39.6 Å². The predicted molar refractivity (Wildman–Crippen MR) is 104 cm³/mol. The van der Waals surface area contributed by atoms with E-state index < -0.39 is 4.92 Å². The van der Waals surface area contributed by atoms with Gasteiger partial charge in [0.1, 0.15) is 0 Å². The van der Waals surface area contributed by atoms with Crippen molar-refractivity contribution in [1.82, 2.24) is 9.97 Å². The van der Waals surface area contributed by atoms with Gasteiger partial charge in [0.05, 0.1) is 11.5 Å². The number of aromatic nitrogens is 2. The molecule has 1 aromatic heterocycles. The van der Waals surface area contributed by atoms with Crippen LogP contribution < -0.4 is 16.0 Å². The van der Waals surface area contributed by atoms with Gasteiger partial charge in [-0.2, -0.15) is 9.97 Å². The number of nitrogens with two attached hydrogens (primary N) is 1. The van der Waals surface area contributed by atoms with Gasteiger partial charge in [-0.15, -0.1) is 0 Å². The number of benzene rings is 1. The standard InChI is InChI=1S/C18H24N6O3/c19-16-15(24(26)27)17(20-8-11-25)22-18(21-16)23-9-6-14(7-10-23)12-13-4-2-1-3-5-13/h1-5,14,25H,6-12H2,(H3,19,20,21,22). The van der Waals surface area contributed by atoms with Gasteiger partial charge in [0.15, 0.2) is 0 Å². The van der Waals surface area contributed by atoms with Crippen molar-refractivity contribution in [3.63, 3.8) is 0 Å². The third-order valence-electron chi connectivity index (χ3n) is 4.75. The van der Waals surface area contributed by atoms with Crippen molar-refractivity contribution in [3.8, 4) is 0 Å². The Morgan fingerprint density at radius 1 is 1.26 bits per heavy atom. The van der Waals surface area contributed by atoms with E-state index in [0.717, 1.165) is 32.4 Å². The summed E-state index contributed by atoms with van der Waals surface area (Å²) in [5.74, 6) is 0.850. The predicted octanol–water partition coefficient (Wildman–Crippen LogP) is 1.83. The van der Waals surface area contributed by atoms with E-state index >= 15 is 0 Å². The average Bonchev–Trinajstić information content (AvgIpc) is 2.67. The molecule has 0 aliphatic carbocycles. The number of nitrogens with one attached hydrogen (secondary N) is 1. The maximum absolute atomic E-state index is 11.2. The van der Waals surface area contributed by atoms with Gasteiger partial charge in [-0.25, -0.2) is 0 Å². The van der Waals surface area contributed by atoms with E-state index in [-0.39, 0.29) is 30.5 Å². The highest BCUT2D eigenvalue weighted by Crippen LogP contribution is 2.31. The van der Waals surface area contributed by atoms with Crippen molar-refractivity contribution in [3.05, 3.63) is 46.0 Å². The first-order valence-corrected chi connectivity index (χ1v) is 9.04. The average molecular weight is 372 g/mol. The van der Waals surface area contributed by atoms with Crippen molar-refractivity contribution in [1.29, 1.82) is 0 Å². The molecule has 0 radical (unpaired) electrons. The fourth-order valence-corrected chi connectivity index (χ4v) is 3.36. The van der Waals surface area contributed by atoms with E-state index in [1.165, 1.54) is 5.56 Å². The van der Waals surface area contributed by atoms with E-state index in [9.17, 15) is 10.1 Å². The number of aliphatic hydroxyl groups is 1. The lowest BCUT2D eigenvalue weighted by molar-refractivity contribution is -0.383. The van der Waals surface area contributed by atoms with Crippen LogP contribution in [0.1, 0.15) is 18.4 Å². The monoisotopic (exact) mass is 372 g/mol. The molecule has 1 aromatic carbocycles. The number of nitrogen functional groups attached to an aromatic ring is 1. The van der Waals surface area contributed by atoms with Crippen molar-refractivity contribution < 1.29 is 10.0 Å². The number of aliphatic hydroxyl groups excluding tert-OH is 1. The molecule has 0 bridgehead atoms. The zero-order valence-corrected chi connectivity index (χ0v) is 15.0. The molecular weight excluding hydrogens is 348 g/mol. The Morgan fingerprint density at radius 3 is 2.59 bits per heavy atom.